The number of methoxy groups -OCH3 is 1. The molecule has 2 heterocycles. The maximum atomic E-state index is 10.2. The zero-order valence-electron chi connectivity index (χ0n) is 11.3. The summed E-state index contributed by atoms with van der Waals surface area (Å²) < 4.78 is 17.5. The van der Waals surface area contributed by atoms with Gasteiger partial charge in [0.2, 0.25) is 5.79 Å². The SMILES string of the molecule is COc1ccc2c3c(ccc(O)c13)OC21CCCCO1. The van der Waals surface area contributed by atoms with Gasteiger partial charge in [-0.2, -0.15) is 0 Å². The number of ether oxygens (including phenoxy) is 3. The molecule has 0 amide bonds. The summed E-state index contributed by atoms with van der Waals surface area (Å²) >= 11 is 0. The third-order valence-corrected chi connectivity index (χ3v) is 4.20. The summed E-state index contributed by atoms with van der Waals surface area (Å²) in [5.74, 6) is 0.936. The van der Waals surface area contributed by atoms with Gasteiger partial charge in [-0.3, -0.25) is 0 Å². The molecule has 2 aliphatic heterocycles. The number of phenolic OH excluding ortho intramolecular Hbond substituents is 1. The number of benzene rings is 2. The van der Waals surface area contributed by atoms with E-state index in [1.165, 1.54) is 0 Å². The van der Waals surface area contributed by atoms with Crippen LogP contribution in [0.1, 0.15) is 24.8 Å². The van der Waals surface area contributed by atoms with Crippen molar-refractivity contribution in [1.29, 1.82) is 0 Å². The Kier molecular flexibility index (Phi) is 2.39. The maximum absolute atomic E-state index is 10.2. The highest BCUT2D eigenvalue weighted by molar-refractivity contribution is 6.01. The van der Waals surface area contributed by atoms with Crippen LogP contribution in [0, 0.1) is 0 Å². The van der Waals surface area contributed by atoms with Crippen molar-refractivity contribution in [2.24, 2.45) is 0 Å². The van der Waals surface area contributed by atoms with E-state index in [2.05, 4.69) is 0 Å². The normalized spacial score (nSPS) is 24.1. The average Bonchev–Trinajstić information content (AvgIpc) is 2.78. The van der Waals surface area contributed by atoms with Gasteiger partial charge in [0, 0.05) is 17.4 Å². The summed E-state index contributed by atoms with van der Waals surface area (Å²) in [6, 6.07) is 7.30. The summed E-state index contributed by atoms with van der Waals surface area (Å²) in [5, 5.41) is 11.8. The molecule has 1 saturated heterocycles. The third-order valence-electron chi connectivity index (χ3n) is 4.20. The summed E-state index contributed by atoms with van der Waals surface area (Å²) in [4.78, 5) is 0. The van der Waals surface area contributed by atoms with Gasteiger partial charge < -0.3 is 19.3 Å². The van der Waals surface area contributed by atoms with E-state index in [0.29, 0.717) is 17.7 Å². The molecular formula is C16H16O4. The second kappa shape index (κ2) is 4.03. The summed E-state index contributed by atoms with van der Waals surface area (Å²) in [7, 11) is 1.60. The molecule has 1 unspecified atom stereocenters. The minimum absolute atomic E-state index is 0.207. The lowest BCUT2D eigenvalue weighted by Gasteiger charge is -2.33. The van der Waals surface area contributed by atoms with Crippen LogP contribution >= 0.6 is 0 Å². The maximum Gasteiger partial charge on any atom is 0.238 e. The predicted molar refractivity (Wildman–Crippen MR) is 74.3 cm³/mol. The fourth-order valence-electron chi connectivity index (χ4n) is 3.28. The standard InChI is InChI=1S/C16H16O4/c1-18-12-6-4-10-14-13(7-5-11(17)15(12)14)20-16(10)8-2-3-9-19-16/h4-7,17H,2-3,8-9H2,1H3. The van der Waals surface area contributed by atoms with Crippen LogP contribution in [0.4, 0.5) is 0 Å². The van der Waals surface area contributed by atoms with Gasteiger partial charge in [0.05, 0.1) is 19.1 Å². The highest BCUT2D eigenvalue weighted by Gasteiger charge is 2.45. The number of aromatic hydroxyl groups is 1. The Labute approximate surface area is 116 Å². The highest BCUT2D eigenvalue weighted by atomic mass is 16.7. The Morgan fingerprint density at radius 2 is 2.05 bits per heavy atom. The lowest BCUT2D eigenvalue weighted by atomic mass is 9.94. The molecule has 4 heteroatoms. The Hall–Kier alpha value is -1.94. The third kappa shape index (κ3) is 1.40. The van der Waals surface area contributed by atoms with Crippen molar-refractivity contribution in [2.45, 2.75) is 25.0 Å². The lowest BCUT2D eigenvalue weighted by molar-refractivity contribution is -0.207. The predicted octanol–water partition coefficient (Wildman–Crippen LogP) is 3.30. The van der Waals surface area contributed by atoms with Gasteiger partial charge in [-0.25, -0.2) is 0 Å². The minimum Gasteiger partial charge on any atom is -0.507 e. The lowest BCUT2D eigenvalue weighted by Crippen LogP contribution is -2.36. The van der Waals surface area contributed by atoms with Crippen molar-refractivity contribution in [3.63, 3.8) is 0 Å². The van der Waals surface area contributed by atoms with Gasteiger partial charge in [-0.15, -0.1) is 0 Å². The molecule has 1 atom stereocenters. The molecule has 0 aliphatic carbocycles. The van der Waals surface area contributed by atoms with Gasteiger partial charge in [-0.05, 0) is 37.1 Å². The quantitative estimate of drug-likeness (QED) is 0.865. The number of fused-ring (bicyclic) bond motifs is 1. The number of hydrogen-bond acceptors (Lipinski definition) is 4. The first-order chi connectivity index (χ1) is 9.75. The molecule has 2 aromatic carbocycles. The second-order valence-electron chi connectivity index (χ2n) is 5.31. The molecular weight excluding hydrogens is 256 g/mol. The zero-order valence-corrected chi connectivity index (χ0v) is 11.3. The van der Waals surface area contributed by atoms with Gasteiger partial charge in [-0.1, -0.05) is 0 Å². The number of hydrogen-bond donors (Lipinski definition) is 1. The molecule has 20 heavy (non-hydrogen) atoms. The molecule has 104 valence electrons. The van der Waals surface area contributed by atoms with E-state index >= 15 is 0 Å². The van der Waals surface area contributed by atoms with E-state index in [-0.39, 0.29) is 5.75 Å². The number of phenols is 1. The smallest absolute Gasteiger partial charge is 0.238 e. The Bertz CT molecular complexity index is 686. The van der Waals surface area contributed by atoms with E-state index in [0.717, 1.165) is 36.0 Å². The zero-order chi connectivity index (χ0) is 13.7. The molecule has 1 N–H and O–H groups in total. The highest BCUT2D eigenvalue weighted by Crippen LogP contribution is 2.52. The Balaban J connectivity index is 2.03. The van der Waals surface area contributed by atoms with Crippen LogP contribution in [-0.2, 0) is 10.5 Å². The summed E-state index contributed by atoms with van der Waals surface area (Å²) in [6.07, 6.45) is 2.98. The van der Waals surface area contributed by atoms with Gasteiger partial charge in [0.25, 0.3) is 0 Å². The van der Waals surface area contributed by atoms with Crippen LogP contribution in [0.15, 0.2) is 24.3 Å². The molecule has 1 spiro atoms. The van der Waals surface area contributed by atoms with E-state index in [9.17, 15) is 5.11 Å². The molecule has 0 bridgehead atoms. The topological polar surface area (TPSA) is 47.9 Å². The fourth-order valence-corrected chi connectivity index (χ4v) is 3.28. The van der Waals surface area contributed by atoms with E-state index in [4.69, 9.17) is 14.2 Å². The van der Waals surface area contributed by atoms with Crippen molar-refractivity contribution in [1.82, 2.24) is 0 Å². The van der Waals surface area contributed by atoms with Crippen LogP contribution in [0.5, 0.6) is 17.2 Å². The molecule has 2 aliphatic rings. The van der Waals surface area contributed by atoms with Crippen LogP contribution in [0.2, 0.25) is 0 Å². The van der Waals surface area contributed by atoms with Crippen molar-refractivity contribution < 1.29 is 19.3 Å². The monoisotopic (exact) mass is 272 g/mol. The van der Waals surface area contributed by atoms with Gasteiger partial charge in [0.15, 0.2) is 0 Å². The molecule has 0 saturated carbocycles. The fraction of sp³-hybridized carbons (Fsp3) is 0.375. The average molecular weight is 272 g/mol. The van der Waals surface area contributed by atoms with Crippen LogP contribution in [-0.4, -0.2) is 18.8 Å². The first-order valence-corrected chi connectivity index (χ1v) is 6.91. The molecule has 2 aromatic rings. The Morgan fingerprint density at radius 1 is 1.15 bits per heavy atom. The summed E-state index contributed by atoms with van der Waals surface area (Å²) in [5.41, 5.74) is 0.999. The van der Waals surface area contributed by atoms with Crippen molar-refractivity contribution in [3.05, 3.63) is 29.8 Å². The van der Waals surface area contributed by atoms with Crippen molar-refractivity contribution >= 4 is 10.8 Å². The molecule has 4 rings (SSSR count). The molecule has 4 nitrogen and oxygen atoms in total. The molecule has 0 radical (unpaired) electrons. The van der Waals surface area contributed by atoms with Crippen molar-refractivity contribution in [3.8, 4) is 17.2 Å². The number of rotatable bonds is 1. The van der Waals surface area contributed by atoms with E-state index in [1.54, 1.807) is 19.2 Å². The largest absolute Gasteiger partial charge is 0.507 e. The second-order valence-corrected chi connectivity index (χ2v) is 5.31. The first kappa shape index (κ1) is 11.9. The summed E-state index contributed by atoms with van der Waals surface area (Å²) in [6.45, 7) is 0.702. The van der Waals surface area contributed by atoms with E-state index < -0.39 is 5.79 Å². The van der Waals surface area contributed by atoms with Crippen LogP contribution in [0.3, 0.4) is 0 Å². The Morgan fingerprint density at radius 3 is 2.80 bits per heavy atom. The first-order valence-electron chi connectivity index (χ1n) is 6.91. The van der Waals surface area contributed by atoms with Crippen molar-refractivity contribution in [2.75, 3.05) is 13.7 Å². The van der Waals surface area contributed by atoms with Gasteiger partial charge >= 0.3 is 0 Å². The van der Waals surface area contributed by atoms with Crippen LogP contribution < -0.4 is 9.47 Å². The van der Waals surface area contributed by atoms with E-state index in [1.807, 2.05) is 12.1 Å². The molecule has 0 aromatic heterocycles. The van der Waals surface area contributed by atoms with Gasteiger partial charge in [0.1, 0.15) is 17.2 Å². The molecule has 1 fully saturated rings. The van der Waals surface area contributed by atoms with Crippen LogP contribution in [0.25, 0.3) is 10.8 Å². The minimum atomic E-state index is -0.682.